The maximum atomic E-state index is 13.2. The Hall–Kier alpha value is -5.12. The first-order valence-corrected chi connectivity index (χ1v) is 12.8. The van der Waals surface area contributed by atoms with Gasteiger partial charge in [-0.2, -0.15) is 0 Å². The number of benzene rings is 3. The zero-order valence-corrected chi connectivity index (χ0v) is 21.4. The first-order chi connectivity index (χ1) is 19.3. The quantitative estimate of drug-likeness (QED) is 0.227. The molecule has 2 aliphatic heterocycles. The van der Waals surface area contributed by atoms with Gasteiger partial charge in [-0.25, -0.2) is 0 Å². The van der Waals surface area contributed by atoms with Gasteiger partial charge in [-0.3, -0.25) is 34.1 Å². The van der Waals surface area contributed by atoms with Crippen LogP contribution >= 0.6 is 0 Å². The summed E-state index contributed by atoms with van der Waals surface area (Å²) in [6.45, 7) is 0.317. The average molecular weight is 539 g/mol. The van der Waals surface area contributed by atoms with E-state index in [2.05, 4.69) is 16.0 Å². The van der Waals surface area contributed by atoms with Crippen molar-refractivity contribution in [3.8, 4) is 0 Å². The highest BCUT2D eigenvalue weighted by molar-refractivity contribution is 6.43. The topological polar surface area (TPSA) is 142 Å². The fourth-order valence-electron chi connectivity index (χ4n) is 4.89. The maximum Gasteiger partial charge on any atom is 0.293 e. The molecule has 1 saturated heterocycles. The van der Waals surface area contributed by atoms with Crippen molar-refractivity contribution in [1.82, 2.24) is 20.9 Å². The van der Waals surface area contributed by atoms with Gasteiger partial charge in [0.05, 0.1) is 0 Å². The van der Waals surface area contributed by atoms with Gasteiger partial charge in [0.1, 0.15) is 12.1 Å². The van der Waals surface area contributed by atoms with Crippen LogP contribution in [0.3, 0.4) is 0 Å². The highest BCUT2D eigenvalue weighted by Gasteiger charge is 2.39. The van der Waals surface area contributed by atoms with Crippen LogP contribution in [-0.4, -0.2) is 46.3 Å². The second-order valence-electron chi connectivity index (χ2n) is 9.62. The Morgan fingerprint density at radius 3 is 2.33 bits per heavy atom. The summed E-state index contributed by atoms with van der Waals surface area (Å²) in [4.78, 5) is 76.8. The molecule has 10 heteroatoms. The average Bonchev–Trinajstić information content (AvgIpc) is 3.30. The summed E-state index contributed by atoms with van der Waals surface area (Å²) < 4.78 is 0. The number of nitrogens with one attached hydrogen (secondary N) is 3. The Morgan fingerprint density at radius 1 is 0.925 bits per heavy atom. The van der Waals surface area contributed by atoms with Crippen LogP contribution in [0.15, 0.2) is 78.9 Å². The molecule has 3 N–H and O–H groups in total. The summed E-state index contributed by atoms with van der Waals surface area (Å²) >= 11 is 0. The first kappa shape index (κ1) is 26.5. The van der Waals surface area contributed by atoms with Gasteiger partial charge in [0.25, 0.3) is 11.8 Å². The SMILES string of the molecule is O=C1CCC(N2Cc3cc(CNC(=O)[C@@H](NC(=O)C(=O)c4ccccc4)c4ccccc4)ccc3C2=O)C(=O)N1. The van der Waals surface area contributed by atoms with Gasteiger partial charge in [0, 0.05) is 30.6 Å². The van der Waals surface area contributed by atoms with Crippen molar-refractivity contribution in [2.24, 2.45) is 0 Å². The van der Waals surface area contributed by atoms with Crippen LogP contribution in [0, 0.1) is 0 Å². The van der Waals surface area contributed by atoms with Crippen LogP contribution in [-0.2, 0) is 32.3 Å². The van der Waals surface area contributed by atoms with E-state index in [4.69, 9.17) is 0 Å². The molecule has 40 heavy (non-hydrogen) atoms. The Balaban J connectivity index is 1.27. The summed E-state index contributed by atoms with van der Waals surface area (Å²) in [7, 11) is 0. The Labute approximate surface area is 229 Å². The van der Waals surface area contributed by atoms with Gasteiger partial charge in [-0.15, -0.1) is 0 Å². The maximum absolute atomic E-state index is 13.2. The third-order valence-electron chi connectivity index (χ3n) is 6.97. The molecule has 0 radical (unpaired) electrons. The number of hydrogen-bond donors (Lipinski definition) is 3. The number of nitrogens with zero attached hydrogens (tertiary/aromatic N) is 1. The minimum Gasteiger partial charge on any atom is -0.350 e. The number of Topliss-reactive ketones (excluding diaryl/α,β-unsaturated/α-hetero) is 1. The number of carbonyl (C=O) groups excluding carboxylic acids is 6. The zero-order chi connectivity index (χ0) is 28.2. The van der Waals surface area contributed by atoms with E-state index in [1.54, 1.807) is 66.7 Å². The van der Waals surface area contributed by atoms with Crippen molar-refractivity contribution in [2.45, 2.75) is 38.0 Å². The molecule has 5 rings (SSSR count). The van der Waals surface area contributed by atoms with Gasteiger partial charge < -0.3 is 15.5 Å². The molecule has 1 unspecified atom stereocenters. The predicted molar refractivity (Wildman–Crippen MR) is 142 cm³/mol. The number of amides is 5. The lowest BCUT2D eigenvalue weighted by Gasteiger charge is -2.29. The highest BCUT2D eigenvalue weighted by atomic mass is 16.2. The molecule has 10 nitrogen and oxygen atoms in total. The van der Waals surface area contributed by atoms with E-state index in [9.17, 15) is 28.8 Å². The number of imide groups is 1. The van der Waals surface area contributed by atoms with Crippen molar-refractivity contribution in [3.05, 3.63) is 107 Å². The number of ketones is 1. The van der Waals surface area contributed by atoms with Gasteiger partial charge in [-0.1, -0.05) is 72.8 Å². The summed E-state index contributed by atoms with van der Waals surface area (Å²) in [6, 6.07) is 20.0. The Kier molecular flexibility index (Phi) is 7.50. The van der Waals surface area contributed by atoms with Crippen molar-refractivity contribution >= 4 is 35.3 Å². The fourth-order valence-corrected chi connectivity index (χ4v) is 4.89. The lowest BCUT2D eigenvalue weighted by Crippen LogP contribution is -2.52. The molecule has 5 amide bonds. The molecular weight excluding hydrogens is 512 g/mol. The molecule has 2 heterocycles. The second-order valence-corrected chi connectivity index (χ2v) is 9.62. The van der Waals surface area contributed by atoms with Crippen molar-refractivity contribution in [2.75, 3.05) is 0 Å². The van der Waals surface area contributed by atoms with Crippen LogP contribution < -0.4 is 16.0 Å². The van der Waals surface area contributed by atoms with E-state index >= 15 is 0 Å². The van der Waals surface area contributed by atoms with Crippen LogP contribution in [0.1, 0.15) is 56.3 Å². The molecule has 0 aliphatic carbocycles. The summed E-state index contributed by atoms with van der Waals surface area (Å²) in [6.07, 6.45) is 0.441. The molecular formula is C30H26N4O6. The third kappa shape index (κ3) is 5.51. The van der Waals surface area contributed by atoms with E-state index in [0.717, 1.165) is 0 Å². The normalized spacial score (nSPS) is 17.1. The highest BCUT2D eigenvalue weighted by Crippen LogP contribution is 2.28. The minimum absolute atomic E-state index is 0.102. The van der Waals surface area contributed by atoms with E-state index in [1.165, 1.54) is 17.0 Å². The molecule has 0 bridgehead atoms. The van der Waals surface area contributed by atoms with Gasteiger partial charge in [-0.05, 0) is 29.2 Å². The van der Waals surface area contributed by atoms with Crippen molar-refractivity contribution in [1.29, 1.82) is 0 Å². The number of piperidine rings is 1. The van der Waals surface area contributed by atoms with Crippen LogP contribution in [0.4, 0.5) is 0 Å². The summed E-state index contributed by atoms with van der Waals surface area (Å²) in [5.41, 5.74) is 2.61. The lowest BCUT2D eigenvalue weighted by molar-refractivity contribution is -0.137. The molecule has 202 valence electrons. The Bertz CT molecular complexity index is 1510. The molecule has 3 aromatic carbocycles. The van der Waals surface area contributed by atoms with Gasteiger partial charge in [0.15, 0.2) is 0 Å². The molecule has 0 saturated carbocycles. The smallest absolute Gasteiger partial charge is 0.293 e. The number of fused-ring (bicyclic) bond motifs is 1. The predicted octanol–water partition coefficient (Wildman–Crippen LogP) is 1.80. The van der Waals surface area contributed by atoms with E-state index in [0.29, 0.717) is 22.3 Å². The molecule has 1 fully saturated rings. The van der Waals surface area contributed by atoms with Gasteiger partial charge in [0.2, 0.25) is 23.5 Å². The number of rotatable bonds is 8. The zero-order valence-electron chi connectivity index (χ0n) is 21.4. The minimum atomic E-state index is -1.11. The van der Waals surface area contributed by atoms with E-state index in [-0.39, 0.29) is 43.3 Å². The lowest BCUT2D eigenvalue weighted by atomic mass is 10.0. The molecule has 0 aromatic heterocycles. The van der Waals surface area contributed by atoms with Crippen molar-refractivity contribution in [3.63, 3.8) is 0 Å². The molecule has 0 spiro atoms. The monoisotopic (exact) mass is 538 g/mol. The Morgan fingerprint density at radius 2 is 1.62 bits per heavy atom. The summed E-state index contributed by atoms with van der Waals surface area (Å²) in [5, 5.41) is 7.64. The van der Waals surface area contributed by atoms with Crippen LogP contribution in [0.2, 0.25) is 0 Å². The van der Waals surface area contributed by atoms with Crippen molar-refractivity contribution < 1.29 is 28.8 Å². The van der Waals surface area contributed by atoms with E-state index < -0.39 is 35.6 Å². The fraction of sp³-hybridized carbons (Fsp3) is 0.200. The summed E-state index contributed by atoms with van der Waals surface area (Å²) in [5.74, 6) is -3.28. The first-order valence-electron chi connectivity index (χ1n) is 12.8. The molecule has 2 aliphatic rings. The van der Waals surface area contributed by atoms with E-state index in [1.807, 2.05) is 0 Å². The molecule has 3 aromatic rings. The third-order valence-corrected chi connectivity index (χ3v) is 6.97. The number of carbonyl (C=O) groups is 6. The largest absolute Gasteiger partial charge is 0.350 e. The molecule has 2 atom stereocenters. The number of hydrogen-bond acceptors (Lipinski definition) is 6. The second kappa shape index (κ2) is 11.3. The standard InChI is InChI=1S/C30H26N4O6/c35-24-14-13-23(27(37)32-24)34-17-21-15-18(11-12-22(21)30(34)40)16-31-28(38)25(19-7-3-1-4-8-19)33-29(39)26(36)20-9-5-2-6-10-20/h1-12,15,23,25H,13-14,16-17H2,(H,31,38)(H,33,39)(H,32,35,37)/t23?,25-/m0/s1. The van der Waals surface area contributed by atoms with Crippen LogP contribution in [0.5, 0.6) is 0 Å². The van der Waals surface area contributed by atoms with Gasteiger partial charge >= 0.3 is 0 Å². The van der Waals surface area contributed by atoms with Crippen LogP contribution in [0.25, 0.3) is 0 Å².